The summed E-state index contributed by atoms with van der Waals surface area (Å²) in [6.07, 6.45) is 29.8. The average molecular weight is 396 g/mol. The summed E-state index contributed by atoms with van der Waals surface area (Å²) in [5, 5.41) is 0. The van der Waals surface area contributed by atoms with Gasteiger partial charge in [0.2, 0.25) is 5.91 Å². The summed E-state index contributed by atoms with van der Waals surface area (Å²) in [7, 11) is 0. The largest absolute Gasteiger partial charge is 0.370 e. The molecule has 2 heteroatoms. The van der Waals surface area contributed by atoms with E-state index in [9.17, 15) is 4.79 Å². The van der Waals surface area contributed by atoms with Crippen molar-refractivity contribution in [3.05, 3.63) is 0 Å². The quantitative estimate of drug-likeness (QED) is 0.173. The maximum Gasteiger partial charge on any atom is 0.217 e. The van der Waals surface area contributed by atoms with Crippen molar-refractivity contribution in [3.63, 3.8) is 0 Å². The summed E-state index contributed by atoms with van der Waals surface area (Å²) < 4.78 is 0. The molecule has 0 unspecified atom stereocenters. The van der Waals surface area contributed by atoms with Crippen molar-refractivity contribution < 1.29 is 4.79 Å². The highest BCUT2D eigenvalue weighted by Crippen LogP contribution is 2.18. The number of unbranched alkanes of at least 4 members (excludes halogenated alkanes) is 17. The summed E-state index contributed by atoms with van der Waals surface area (Å²) in [6, 6.07) is 0. The van der Waals surface area contributed by atoms with Crippen LogP contribution in [-0.2, 0) is 4.79 Å². The van der Waals surface area contributed by atoms with Crippen molar-refractivity contribution in [2.24, 2.45) is 11.7 Å². The molecule has 0 aliphatic carbocycles. The van der Waals surface area contributed by atoms with Gasteiger partial charge in [-0.1, -0.05) is 142 Å². The Hall–Kier alpha value is -0.530. The van der Waals surface area contributed by atoms with Gasteiger partial charge in [-0.05, 0) is 12.3 Å². The van der Waals surface area contributed by atoms with E-state index in [4.69, 9.17) is 5.73 Å². The van der Waals surface area contributed by atoms with E-state index in [1.807, 2.05) is 0 Å². The van der Waals surface area contributed by atoms with Crippen LogP contribution in [0.2, 0.25) is 0 Å². The van der Waals surface area contributed by atoms with Gasteiger partial charge in [0, 0.05) is 6.42 Å². The second-order valence-electron chi connectivity index (χ2n) is 9.26. The summed E-state index contributed by atoms with van der Waals surface area (Å²) >= 11 is 0. The molecule has 0 aromatic carbocycles. The van der Waals surface area contributed by atoms with Gasteiger partial charge in [0.1, 0.15) is 0 Å². The highest BCUT2D eigenvalue weighted by molar-refractivity contribution is 5.73. The van der Waals surface area contributed by atoms with Gasteiger partial charge < -0.3 is 5.73 Å². The molecule has 0 aromatic rings. The molecule has 0 aliphatic rings. The minimum Gasteiger partial charge on any atom is -0.370 e. The highest BCUT2D eigenvalue weighted by Gasteiger charge is 2.03. The Morgan fingerprint density at radius 3 is 1.25 bits per heavy atom. The smallest absolute Gasteiger partial charge is 0.217 e. The molecule has 1 atom stereocenters. The Morgan fingerprint density at radius 1 is 0.571 bits per heavy atom. The van der Waals surface area contributed by atoms with Crippen LogP contribution in [0.5, 0.6) is 0 Å². The Balaban J connectivity index is 3.10. The van der Waals surface area contributed by atoms with Crippen LogP contribution in [0.1, 0.15) is 155 Å². The molecule has 1 amide bonds. The number of primary amides is 1. The molecule has 0 radical (unpaired) electrons. The minimum absolute atomic E-state index is 0.152. The van der Waals surface area contributed by atoms with E-state index >= 15 is 0 Å². The number of amides is 1. The number of rotatable bonds is 23. The van der Waals surface area contributed by atoms with E-state index in [2.05, 4.69) is 13.8 Å². The molecule has 0 saturated heterocycles. The molecule has 0 aromatic heterocycles. The first kappa shape index (κ1) is 27.5. The lowest BCUT2D eigenvalue weighted by molar-refractivity contribution is -0.118. The van der Waals surface area contributed by atoms with Crippen LogP contribution >= 0.6 is 0 Å². The molecular weight excluding hydrogens is 342 g/mol. The van der Waals surface area contributed by atoms with Crippen molar-refractivity contribution in [1.29, 1.82) is 0 Å². The molecule has 0 spiro atoms. The summed E-state index contributed by atoms with van der Waals surface area (Å²) in [4.78, 5) is 10.7. The zero-order valence-electron chi connectivity index (χ0n) is 19.6. The third kappa shape index (κ3) is 23.5. The molecule has 28 heavy (non-hydrogen) atoms. The first-order chi connectivity index (χ1) is 13.7. The molecule has 168 valence electrons. The van der Waals surface area contributed by atoms with E-state index in [0.29, 0.717) is 6.42 Å². The SMILES string of the molecule is CCCCCCCCCCCCCCCCCCC[C@@H](C)CCCCC(N)=O. The van der Waals surface area contributed by atoms with Gasteiger partial charge in [-0.15, -0.1) is 0 Å². The fourth-order valence-electron chi connectivity index (χ4n) is 4.15. The lowest BCUT2D eigenvalue weighted by Gasteiger charge is -2.10. The van der Waals surface area contributed by atoms with Crippen molar-refractivity contribution in [3.8, 4) is 0 Å². The van der Waals surface area contributed by atoms with E-state index in [-0.39, 0.29) is 5.91 Å². The number of hydrogen-bond acceptors (Lipinski definition) is 1. The van der Waals surface area contributed by atoms with Gasteiger partial charge in [0.15, 0.2) is 0 Å². The van der Waals surface area contributed by atoms with Crippen molar-refractivity contribution in [1.82, 2.24) is 0 Å². The zero-order valence-corrected chi connectivity index (χ0v) is 19.6. The predicted molar refractivity (Wildman–Crippen MR) is 126 cm³/mol. The Labute approximate surface area is 177 Å². The maximum absolute atomic E-state index is 10.7. The fourth-order valence-corrected chi connectivity index (χ4v) is 4.15. The van der Waals surface area contributed by atoms with Crippen LogP contribution in [0.4, 0.5) is 0 Å². The lowest BCUT2D eigenvalue weighted by Crippen LogP contribution is -2.09. The van der Waals surface area contributed by atoms with Crippen LogP contribution < -0.4 is 5.73 Å². The van der Waals surface area contributed by atoms with Gasteiger partial charge in [-0.25, -0.2) is 0 Å². The molecule has 2 nitrogen and oxygen atoms in total. The maximum atomic E-state index is 10.7. The predicted octanol–water partition coefficient (Wildman–Crippen LogP) is 8.71. The van der Waals surface area contributed by atoms with E-state index in [0.717, 1.165) is 18.8 Å². The van der Waals surface area contributed by atoms with Gasteiger partial charge >= 0.3 is 0 Å². The van der Waals surface area contributed by atoms with Crippen LogP contribution in [0, 0.1) is 5.92 Å². The first-order valence-corrected chi connectivity index (χ1v) is 12.9. The standard InChI is InChI=1S/C26H53NO/c1-3-4-5-6-7-8-9-10-11-12-13-14-15-16-17-18-19-22-25(2)23-20-21-24-26(27)28/h25H,3-24H2,1-2H3,(H2,27,28)/t25-/m1/s1. The molecule has 0 heterocycles. The second-order valence-corrected chi connectivity index (χ2v) is 9.26. The highest BCUT2D eigenvalue weighted by atomic mass is 16.1. The molecular formula is C26H53NO. The van der Waals surface area contributed by atoms with Crippen LogP contribution in [0.3, 0.4) is 0 Å². The molecule has 0 bridgehead atoms. The molecule has 0 rings (SSSR count). The van der Waals surface area contributed by atoms with Crippen LogP contribution in [-0.4, -0.2) is 5.91 Å². The van der Waals surface area contributed by atoms with E-state index in [1.165, 1.54) is 122 Å². The Kier molecular flexibility index (Phi) is 22.3. The fraction of sp³-hybridized carbons (Fsp3) is 0.962. The van der Waals surface area contributed by atoms with Gasteiger partial charge in [-0.2, -0.15) is 0 Å². The zero-order chi connectivity index (χ0) is 20.7. The average Bonchev–Trinajstić information content (AvgIpc) is 2.67. The molecule has 0 aliphatic heterocycles. The second kappa shape index (κ2) is 22.8. The van der Waals surface area contributed by atoms with Crippen molar-refractivity contribution >= 4 is 5.91 Å². The Morgan fingerprint density at radius 2 is 0.893 bits per heavy atom. The minimum atomic E-state index is -0.152. The third-order valence-corrected chi connectivity index (χ3v) is 6.17. The molecule has 2 N–H and O–H groups in total. The van der Waals surface area contributed by atoms with E-state index in [1.54, 1.807) is 0 Å². The lowest BCUT2D eigenvalue weighted by atomic mass is 9.96. The number of carbonyl (C=O) groups is 1. The monoisotopic (exact) mass is 395 g/mol. The third-order valence-electron chi connectivity index (χ3n) is 6.17. The number of carbonyl (C=O) groups excluding carboxylic acids is 1. The summed E-state index contributed by atoms with van der Waals surface area (Å²) in [5.74, 6) is 0.657. The van der Waals surface area contributed by atoms with Crippen molar-refractivity contribution in [2.45, 2.75) is 155 Å². The summed E-state index contributed by atoms with van der Waals surface area (Å²) in [5.41, 5.74) is 5.18. The molecule has 0 saturated carbocycles. The summed E-state index contributed by atoms with van der Waals surface area (Å²) in [6.45, 7) is 4.65. The van der Waals surface area contributed by atoms with Crippen molar-refractivity contribution in [2.75, 3.05) is 0 Å². The normalized spacial score (nSPS) is 12.4. The number of hydrogen-bond donors (Lipinski definition) is 1. The van der Waals surface area contributed by atoms with Gasteiger partial charge in [0.05, 0.1) is 0 Å². The Bertz CT molecular complexity index is 316. The van der Waals surface area contributed by atoms with Gasteiger partial charge in [0.25, 0.3) is 0 Å². The molecule has 0 fully saturated rings. The number of nitrogens with two attached hydrogens (primary N) is 1. The van der Waals surface area contributed by atoms with Crippen LogP contribution in [0.15, 0.2) is 0 Å². The first-order valence-electron chi connectivity index (χ1n) is 12.9. The van der Waals surface area contributed by atoms with E-state index < -0.39 is 0 Å². The topological polar surface area (TPSA) is 43.1 Å². The van der Waals surface area contributed by atoms with Crippen LogP contribution in [0.25, 0.3) is 0 Å². The van der Waals surface area contributed by atoms with Gasteiger partial charge in [-0.3, -0.25) is 4.79 Å².